The number of rotatable bonds is 10. The number of amides is 1. The maximum Gasteiger partial charge on any atom is 0.323 e. The topological polar surface area (TPSA) is 76.1 Å². The molecule has 0 radical (unpaired) electrons. The third-order valence-electron chi connectivity index (χ3n) is 3.20. The third-order valence-corrected chi connectivity index (χ3v) is 3.90. The number of carbonyl (C=O) groups excluding carboxylic acids is 1. The molecular weight excluding hydrogens is 318 g/mol. The summed E-state index contributed by atoms with van der Waals surface area (Å²) in [5.41, 5.74) is 0.765. The number of hydrogen-bond acceptors (Lipinski definition) is 5. The Kier molecular flexibility index (Phi) is 8.32. The number of ether oxygens (including phenoxy) is 2. The number of hydrogen-bond donors (Lipinski definition) is 1. The van der Waals surface area contributed by atoms with Gasteiger partial charge in [-0.3, -0.25) is 9.59 Å². The van der Waals surface area contributed by atoms with Gasteiger partial charge in [0.15, 0.2) is 0 Å². The number of carboxylic acids is 1. The van der Waals surface area contributed by atoms with E-state index in [4.69, 9.17) is 14.6 Å². The second kappa shape index (κ2) is 9.99. The highest BCUT2D eigenvalue weighted by Gasteiger charge is 2.17. The van der Waals surface area contributed by atoms with Crippen LogP contribution in [0.2, 0.25) is 0 Å². The largest absolute Gasteiger partial charge is 0.497 e. The predicted octanol–water partition coefficient (Wildman–Crippen LogP) is 2.26. The summed E-state index contributed by atoms with van der Waals surface area (Å²) in [5.74, 6) is 0.884. The standard InChI is InChI=1S/C16H23NO5S/c1-21-13-7-12(8-14(9-13)22-2)10-17(11-16(19)20)15(18)5-4-6-23-3/h7-9H,4-6,10-11H2,1-3H3,(H,19,20). The van der Waals surface area contributed by atoms with Crippen molar-refractivity contribution in [3.63, 3.8) is 0 Å². The molecule has 1 rings (SSSR count). The van der Waals surface area contributed by atoms with Crippen LogP contribution in [0.3, 0.4) is 0 Å². The summed E-state index contributed by atoms with van der Waals surface area (Å²) in [6, 6.07) is 5.27. The lowest BCUT2D eigenvalue weighted by Crippen LogP contribution is -2.35. The second-order valence-electron chi connectivity index (χ2n) is 4.96. The van der Waals surface area contributed by atoms with E-state index >= 15 is 0 Å². The van der Waals surface area contributed by atoms with Gasteiger partial charge >= 0.3 is 5.97 Å². The van der Waals surface area contributed by atoms with Crippen LogP contribution in [0.25, 0.3) is 0 Å². The fraction of sp³-hybridized carbons (Fsp3) is 0.500. The Bertz CT molecular complexity index is 513. The zero-order valence-electron chi connectivity index (χ0n) is 13.7. The van der Waals surface area contributed by atoms with Crippen LogP contribution in [-0.2, 0) is 16.1 Å². The predicted molar refractivity (Wildman–Crippen MR) is 90.2 cm³/mol. The van der Waals surface area contributed by atoms with Crippen molar-refractivity contribution in [3.05, 3.63) is 23.8 Å². The van der Waals surface area contributed by atoms with Crippen molar-refractivity contribution >= 4 is 23.6 Å². The first kappa shape index (κ1) is 19.2. The first-order chi connectivity index (χ1) is 11.0. The number of aliphatic carboxylic acids is 1. The first-order valence-corrected chi connectivity index (χ1v) is 8.60. The minimum absolute atomic E-state index is 0.164. The van der Waals surface area contributed by atoms with Crippen molar-refractivity contribution in [1.82, 2.24) is 4.90 Å². The fourth-order valence-electron chi connectivity index (χ4n) is 2.10. The van der Waals surface area contributed by atoms with Gasteiger partial charge in [-0.05, 0) is 36.1 Å². The molecule has 7 heteroatoms. The van der Waals surface area contributed by atoms with Crippen molar-refractivity contribution < 1.29 is 24.2 Å². The zero-order chi connectivity index (χ0) is 17.2. The molecule has 23 heavy (non-hydrogen) atoms. The molecule has 6 nitrogen and oxygen atoms in total. The van der Waals surface area contributed by atoms with E-state index in [1.165, 1.54) is 4.90 Å². The number of thioether (sulfide) groups is 1. The van der Waals surface area contributed by atoms with Gasteiger partial charge in [-0.2, -0.15) is 11.8 Å². The van der Waals surface area contributed by atoms with E-state index in [2.05, 4.69) is 0 Å². The summed E-state index contributed by atoms with van der Waals surface area (Å²) in [6.07, 6.45) is 3.05. The molecule has 0 bridgehead atoms. The minimum atomic E-state index is -1.03. The van der Waals surface area contributed by atoms with Gasteiger partial charge in [0.2, 0.25) is 5.91 Å². The fourth-order valence-corrected chi connectivity index (χ4v) is 2.53. The highest BCUT2D eigenvalue weighted by molar-refractivity contribution is 7.98. The summed E-state index contributed by atoms with van der Waals surface area (Å²) < 4.78 is 10.4. The normalized spacial score (nSPS) is 10.2. The molecular formula is C16H23NO5S. The molecule has 1 aromatic carbocycles. The SMILES string of the molecule is COc1cc(CN(CC(=O)O)C(=O)CCCSC)cc(OC)c1. The van der Waals surface area contributed by atoms with Crippen LogP contribution in [0.1, 0.15) is 18.4 Å². The van der Waals surface area contributed by atoms with Gasteiger partial charge < -0.3 is 19.5 Å². The Hall–Kier alpha value is -1.89. The van der Waals surface area contributed by atoms with Gasteiger partial charge in [-0.15, -0.1) is 0 Å². The number of methoxy groups -OCH3 is 2. The molecule has 1 amide bonds. The molecule has 0 aliphatic heterocycles. The Morgan fingerprint density at radius 3 is 2.26 bits per heavy atom. The molecule has 0 saturated carbocycles. The van der Waals surface area contributed by atoms with Gasteiger partial charge in [-0.25, -0.2) is 0 Å². The molecule has 0 aliphatic rings. The molecule has 0 spiro atoms. The number of carboxylic acid groups (broad SMARTS) is 1. The maximum absolute atomic E-state index is 12.3. The van der Waals surface area contributed by atoms with Crippen molar-refractivity contribution in [2.45, 2.75) is 19.4 Å². The Morgan fingerprint density at radius 2 is 1.78 bits per heavy atom. The van der Waals surface area contributed by atoms with Gasteiger partial charge in [0, 0.05) is 19.0 Å². The van der Waals surface area contributed by atoms with E-state index in [1.807, 2.05) is 6.26 Å². The Morgan fingerprint density at radius 1 is 1.17 bits per heavy atom. The van der Waals surface area contributed by atoms with Crippen LogP contribution < -0.4 is 9.47 Å². The van der Waals surface area contributed by atoms with Crippen LogP contribution in [0.5, 0.6) is 11.5 Å². The summed E-state index contributed by atoms with van der Waals surface area (Å²) in [7, 11) is 3.09. The molecule has 0 aliphatic carbocycles. The minimum Gasteiger partial charge on any atom is -0.497 e. The average Bonchev–Trinajstić information content (AvgIpc) is 2.53. The van der Waals surface area contributed by atoms with Crippen LogP contribution in [0, 0.1) is 0 Å². The van der Waals surface area contributed by atoms with Crippen LogP contribution in [0.15, 0.2) is 18.2 Å². The summed E-state index contributed by atoms with van der Waals surface area (Å²) in [5, 5.41) is 9.04. The molecule has 0 heterocycles. The average molecular weight is 341 g/mol. The third kappa shape index (κ3) is 6.81. The molecule has 0 aromatic heterocycles. The van der Waals surface area contributed by atoms with E-state index in [9.17, 15) is 9.59 Å². The van der Waals surface area contributed by atoms with E-state index in [0.29, 0.717) is 17.9 Å². The number of nitrogens with zero attached hydrogens (tertiary/aromatic N) is 1. The maximum atomic E-state index is 12.3. The van der Waals surface area contributed by atoms with Crippen LogP contribution in [-0.4, -0.2) is 54.7 Å². The molecule has 0 atom stereocenters. The summed E-state index contributed by atoms with van der Waals surface area (Å²) in [4.78, 5) is 24.6. The lowest BCUT2D eigenvalue weighted by atomic mass is 10.1. The van der Waals surface area contributed by atoms with E-state index in [1.54, 1.807) is 44.2 Å². The second-order valence-corrected chi connectivity index (χ2v) is 5.95. The molecule has 1 N–H and O–H groups in total. The Balaban J connectivity index is 2.87. The first-order valence-electron chi connectivity index (χ1n) is 7.20. The molecule has 0 unspecified atom stereocenters. The highest BCUT2D eigenvalue weighted by Crippen LogP contribution is 2.23. The van der Waals surface area contributed by atoms with Crippen molar-refractivity contribution in [2.75, 3.05) is 32.8 Å². The number of carbonyl (C=O) groups is 2. The van der Waals surface area contributed by atoms with Gasteiger partial charge in [0.25, 0.3) is 0 Å². The molecule has 128 valence electrons. The zero-order valence-corrected chi connectivity index (χ0v) is 14.5. The van der Waals surface area contributed by atoms with E-state index in [-0.39, 0.29) is 19.0 Å². The highest BCUT2D eigenvalue weighted by atomic mass is 32.2. The lowest BCUT2D eigenvalue weighted by molar-refractivity contribution is -0.144. The lowest BCUT2D eigenvalue weighted by Gasteiger charge is -2.21. The molecule has 0 fully saturated rings. The molecule has 0 saturated heterocycles. The van der Waals surface area contributed by atoms with E-state index < -0.39 is 5.97 Å². The van der Waals surface area contributed by atoms with Crippen LogP contribution >= 0.6 is 11.8 Å². The molecule has 1 aromatic rings. The van der Waals surface area contributed by atoms with Crippen molar-refractivity contribution in [3.8, 4) is 11.5 Å². The summed E-state index contributed by atoms with van der Waals surface area (Å²) >= 11 is 1.66. The van der Waals surface area contributed by atoms with Gasteiger partial charge in [0.05, 0.1) is 14.2 Å². The monoisotopic (exact) mass is 341 g/mol. The van der Waals surface area contributed by atoms with E-state index in [0.717, 1.165) is 17.7 Å². The van der Waals surface area contributed by atoms with Gasteiger partial charge in [0.1, 0.15) is 18.0 Å². The van der Waals surface area contributed by atoms with Gasteiger partial charge in [-0.1, -0.05) is 0 Å². The number of benzene rings is 1. The van der Waals surface area contributed by atoms with Crippen LogP contribution in [0.4, 0.5) is 0 Å². The van der Waals surface area contributed by atoms with Crippen molar-refractivity contribution in [1.29, 1.82) is 0 Å². The Labute approximate surface area is 140 Å². The van der Waals surface area contributed by atoms with Crippen molar-refractivity contribution in [2.24, 2.45) is 0 Å². The smallest absolute Gasteiger partial charge is 0.323 e. The summed E-state index contributed by atoms with van der Waals surface area (Å²) in [6.45, 7) is -0.115. The quantitative estimate of drug-likeness (QED) is 0.658.